The van der Waals surface area contributed by atoms with Crippen molar-refractivity contribution < 1.29 is 4.74 Å². The molecule has 0 N–H and O–H groups in total. The van der Waals surface area contributed by atoms with Gasteiger partial charge < -0.3 is 4.74 Å². The third-order valence-electron chi connectivity index (χ3n) is 4.20. The van der Waals surface area contributed by atoms with Crippen LogP contribution in [0.25, 0.3) is 11.1 Å². The lowest BCUT2D eigenvalue weighted by Gasteiger charge is -2.19. The molecule has 2 aromatic rings. The first-order chi connectivity index (χ1) is 12.8. The van der Waals surface area contributed by atoms with Gasteiger partial charge in [0.1, 0.15) is 12.3 Å². The fourth-order valence-electron chi connectivity index (χ4n) is 3.02. The summed E-state index contributed by atoms with van der Waals surface area (Å²) in [4.78, 5) is 13.3. The van der Waals surface area contributed by atoms with Crippen LogP contribution in [0, 0.1) is 30.6 Å². The van der Waals surface area contributed by atoms with Crippen LogP contribution in [0.5, 0.6) is 5.75 Å². The predicted octanol–water partition coefficient (Wildman–Crippen LogP) is 4.48. The molecule has 4 heteroatoms. The molecule has 1 aromatic heterocycles. The summed E-state index contributed by atoms with van der Waals surface area (Å²) in [6.07, 6.45) is 0.742. The predicted molar refractivity (Wildman–Crippen MR) is 111 cm³/mol. The fraction of sp³-hybridized carbons (Fsp3) is 0.478. The van der Waals surface area contributed by atoms with E-state index in [1.165, 1.54) is 0 Å². The van der Waals surface area contributed by atoms with Crippen LogP contribution in [0.2, 0.25) is 0 Å². The molecule has 0 atom stereocenters. The number of ether oxygens (including phenoxy) is 1. The summed E-state index contributed by atoms with van der Waals surface area (Å²) in [6.45, 7) is 13.1. The summed E-state index contributed by atoms with van der Waals surface area (Å²) in [5, 5.41) is 4.68. The summed E-state index contributed by atoms with van der Waals surface area (Å²) in [5.41, 5.74) is 3.24. The van der Waals surface area contributed by atoms with Crippen LogP contribution >= 0.6 is 0 Å². The summed E-state index contributed by atoms with van der Waals surface area (Å²) < 4.78 is 7.61. The van der Waals surface area contributed by atoms with E-state index in [4.69, 9.17) is 4.74 Å². The molecule has 2 rings (SSSR count). The largest absolute Gasteiger partial charge is 0.478 e. The maximum absolute atomic E-state index is 13.3. The van der Waals surface area contributed by atoms with Crippen LogP contribution in [0.3, 0.4) is 0 Å². The van der Waals surface area contributed by atoms with Crippen molar-refractivity contribution >= 4 is 0 Å². The van der Waals surface area contributed by atoms with E-state index in [2.05, 4.69) is 44.6 Å². The normalized spacial score (nSPS) is 10.8. The topological polar surface area (TPSA) is 44.1 Å². The summed E-state index contributed by atoms with van der Waals surface area (Å²) in [7, 11) is 0. The van der Waals surface area contributed by atoms with Gasteiger partial charge in [-0.15, -0.1) is 5.92 Å². The molecule has 0 aliphatic heterocycles. The van der Waals surface area contributed by atoms with E-state index in [0.717, 1.165) is 23.2 Å². The van der Waals surface area contributed by atoms with Gasteiger partial charge in [0.05, 0.1) is 5.56 Å². The highest BCUT2D eigenvalue weighted by Gasteiger charge is 2.22. The van der Waals surface area contributed by atoms with E-state index in [-0.39, 0.29) is 12.2 Å². The van der Waals surface area contributed by atoms with Gasteiger partial charge in [-0.05, 0) is 43.2 Å². The first kappa shape index (κ1) is 20.8. The van der Waals surface area contributed by atoms with Gasteiger partial charge in [-0.25, -0.2) is 4.68 Å². The second-order valence-electron chi connectivity index (χ2n) is 7.66. The van der Waals surface area contributed by atoms with E-state index in [1.807, 2.05) is 31.2 Å². The number of hydrogen-bond donors (Lipinski definition) is 0. The van der Waals surface area contributed by atoms with Gasteiger partial charge in [0.15, 0.2) is 5.75 Å². The van der Waals surface area contributed by atoms with E-state index < -0.39 is 0 Å². The van der Waals surface area contributed by atoms with Gasteiger partial charge in [0.25, 0.3) is 5.56 Å². The number of benzene rings is 1. The molecule has 0 amide bonds. The monoisotopic (exact) mass is 366 g/mol. The van der Waals surface area contributed by atoms with E-state index >= 15 is 0 Å². The molecule has 0 saturated heterocycles. The molecule has 1 heterocycles. The molecule has 0 bridgehead atoms. The Labute approximate surface area is 162 Å². The van der Waals surface area contributed by atoms with Crippen molar-refractivity contribution in [2.45, 2.75) is 54.5 Å². The molecule has 0 aliphatic carbocycles. The van der Waals surface area contributed by atoms with Crippen molar-refractivity contribution in [3.8, 4) is 28.7 Å². The third kappa shape index (κ3) is 5.23. The zero-order chi connectivity index (χ0) is 20.0. The molecule has 0 spiro atoms. The Morgan fingerprint density at radius 3 is 2.44 bits per heavy atom. The third-order valence-corrected chi connectivity index (χ3v) is 4.20. The van der Waals surface area contributed by atoms with Crippen molar-refractivity contribution in [2.24, 2.45) is 11.8 Å². The van der Waals surface area contributed by atoms with Crippen LogP contribution in [-0.4, -0.2) is 16.4 Å². The Morgan fingerprint density at radius 2 is 1.85 bits per heavy atom. The fourth-order valence-corrected chi connectivity index (χ4v) is 3.02. The minimum Gasteiger partial charge on any atom is -0.478 e. The van der Waals surface area contributed by atoms with Crippen LogP contribution < -0.4 is 10.3 Å². The van der Waals surface area contributed by atoms with Gasteiger partial charge >= 0.3 is 0 Å². The van der Waals surface area contributed by atoms with Crippen molar-refractivity contribution in [1.29, 1.82) is 0 Å². The Kier molecular flexibility index (Phi) is 7.24. The number of hydrogen-bond acceptors (Lipinski definition) is 3. The van der Waals surface area contributed by atoms with Gasteiger partial charge in [0.2, 0.25) is 0 Å². The molecule has 1 aromatic carbocycles. The van der Waals surface area contributed by atoms with E-state index in [0.29, 0.717) is 29.7 Å². The van der Waals surface area contributed by atoms with Crippen molar-refractivity contribution in [3.63, 3.8) is 0 Å². The molecular formula is C23H30N2O2. The quantitative estimate of drug-likeness (QED) is 0.679. The van der Waals surface area contributed by atoms with Gasteiger partial charge in [-0.1, -0.05) is 57.9 Å². The number of aromatic nitrogens is 2. The first-order valence-electron chi connectivity index (χ1n) is 9.57. The summed E-state index contributed by atoms with van der Waals surface area (Å²) in [5.74, 6) is 7.06. The van der Waals surface area contributed by atoms with Crippen molar-refractivity contribution in [3.05, 3.63) is 45.9 Å². The summed E-state index contributed by atoms with van der Waals surface area (Å²) >= 11 is 0. The minimum absolute atomic E-state index is 0.107. The highest BCUT2D eigenvalue weighted by Crippen LogP contribution is 2.32. The highest BCUT2D eigenvalue weighted by atomic mass is 16.5. The Balaban J connectivity index is 2.78. The number of aryl methyl sites for hydroxylation is 1. The second-order valence-corrected chi connectivity index (χ2v) is 7.66. The smallest absolute Gasteiger partial charge is 0.278 e. The number of nitrogens with zero attached hydrogens (tertiary/aromatic N) is 2. The maximum Gasteiger partial charge on any atom is 0.278 e. The lowest BCUT2D eigenvalue weighted by Crippen LogP contribution is -2.29. The zero-order valence-corrected chi connectivity index (χ0v) is 17.3. The van der Waals surface area contributed by atoms with Gasteiger partial charge in [-0.3, -0.25) is 4.79 Å². The number of rotatable bonds is 7. The molecular weight excluding hydrogens is 336 g/mol. The van der Waals surface area contributed by atoms with E-state index in [1.54, 1.807) is 11.6 Å². The average Bonchev–Trinajstić information content (AvgIpc) is 2.59. The van der Waals surface area contributed by atoms with Gasteiger partial charge in [0, 0.05) is 6.54 Å². The van der Waals surface area contributed by atoms with Crippen LogP contribution in [0.15, 0.2) is 29.1 Å². The maximum atomic E-state index is 13.3. The van der Waals surface area contributed by atoms with E-state index in [9.17, 15) is 4.79 Å². The molecule has 0 radical (unpaired) electrons. The van der Waals surface area contributed by atoms with Crippen LogP contribution in [0.1, 0.15) is 45.9 Å². The van der Waals surface area contributed by atoms with Crippen LogP contribution in [0.4, 0.5) is 0 Å². The molecule has 4 nitrogen and oxygen atoms in total. The second kappa shape index (κ2) is 9.41. The molecule has 0 unspecified atom stereocenters. The minimum atomic E-state index is -0.107. The lowest BCUT2D eigenvalue weighted by molar-refractivity contribution is 0.353. The van der Waals surface area contributed by atoms with Crippen LogP contribution in [-0.2, 0) is 13.0 Å². The highest BCUT2D eigenvalue weighted by molar-refractivity contribution is 5.73. The molecule has 0 aliphatic rings. The van der Waals surface area contributed by atoms with Gasteiger partial charge in [-0.2, -0.15) is 5.10 Å². The molecule has 27 heavy (non-hydrogen) atoms. The molecule has 0 fully saturated rings. The Morgan fingerprint density at radius 1 is 1.15 bits per heavy atom. The first-order valence-corrected chi connectivity index (χ1v) is 9.57. The summed E-state index contributed by atoms with van der Waals surface area (Å²) in [6, 6.07) is 7.92. The standard InChI is InChI=1S/C23H30N2O2/c1-7-8-13-27-22-20(14-16(2)3)24-25(15-17(4)5)23(26)21(22)19-12-10-9-11-18(19)6/h9-12,16-17H,13-15H2,1-6H3. The van der Waals surface area contributed by atoms with Crippen molar-refractivity contribution in [1.82, 2.24) is 9.78 Å². The molecule has 144 valence electrons. The molecule has 0 saturated carbocycles. The SMILES string of the molecule is CC#CCOc1c(CC(C)C)nn(CC(C)C)c(=O)c1-c1ccccc1C. The lowest BCUT2D eigenvalue weighted by atomic mass is 9.98. The Bertz CT molecular complexity index is 899. The Hall–Kier alpha value is -2.54. The average molecular weight is 367 g/mol. The zero-order valence-electron chi connectivity index (χ0n) is 17.3. The van der Waals surface area contributed by atoms with Crippen molar-refractivity contribution in [2.75, 3.05) is 6.61 Å².